The molecule has 1 atom stereocenters. The fourth-order valence-corrected chi connectivity index (χ4v) is 3.61. The van der Waals surface area contributed by atoms with E-state index in [-0.39, 0.29) is 23.6 Å². The van der Waals surface area contributed by atoms with Crippen molar-refractivity contribution >= 4 is 28.5 Å². The molecule has 2 aromatic carbocycles. The number of amides is 1. The maximum Gasteiger partial charge on any atom is 0.343 e. The van der Waals surface area contributed by atoms with E-state index in [9.17, 15) is 14.4 Å². The average Bonchev–Trinajstić information content (AvgIpc) is 3.02. The van der Waals surface area contributed by atoms with E-state index in [1.54, 1.807) is 30.3 Å². The zero-order valence-corrected chi connectivity index (χ0v) is 16.6. The molecule has 0 radical (unpaired) electrons. The summed E-state index contributed by atoms with van der Waals surface area (Å²) in [6.45, 7) is 1.81. The lowest BCUT2D eigenvalue weighted by Gasteiger charge is -2.13. The first-order chi connectivity index (χ1) is 14.4. The van der Waals surface area contributed by atoms with E-state index in [0.29, 0.717) is 22.6 Å². The molecule has 1 amide bonds. The van der Waals surface area contributed by atoms with Gasteiger partial charge in [-0.05, 0) is 30.7 Å². The predicted octanol–water partition coefficient (Wildman–Crippen LogP) is 3.36. The standard InChI is InChI=1S/C22H19NO7/c1-11-8-19(25)29-16-9-12(4-5-13(11)16)23-18(24)10-17-14-6-7-15(27-2)21(28-3)20(14)22(26)30-17/h4-9,17H,10H2,1-3H3,(H,23,24)/t17-/m0/s1. The first-order valence-corrected chi connectivity index (χ1v) is 9.21. The van der Waals surface area contributed by atoms with Gasteiger partial charge in [-0.3, -0.25) is 4.79 Å². The number of aryl methyl sites for hydroxylation is 1. The second-order valence-corrected chi connectivity index (χ2v) is 6.87. The highest BCUT2D eigenvalue weighted by molar-refractivity contribution is 6.00. The fourth-order valence-electron chi connectivity index (χ4n) is 3.61. The van der Waals surface area contributed by atoms with Crippen molar-refractivity contribution in [2.45, 2.75) is 19.4 Å². The van der Waals surface area contributed by atoms with E-state index in [4.69, 9.17) is 18.6 Å². The van der Waals surface area contributed by atoms with Gasteiger partial charge in [0.25, 0.3) is 0 Å². The van der Waals surface area contributed by atoms with Crippen molar-refractivity contribution in [2.75, 3.05) is 19.5 Å². The van der Waals surface area contributed by atoms with E-state index in [2.05, 4.69) is 5.32 Å². The zero-order chi connectivity index (χ0) is 21.4. The molecule has 1 N–H and O–H groups in total. The van der Waals surface area contributed by atoms with E-state index in [1.165, 1.54) is 20.3 Å². The van der Waals surface area contributed by atoms with Crippen molar-refractivity contribution in [1.29, 1.82) is 0 Å². The lowest BCUT2D eigenvalue weighted by Crippen LogP contribution is -2.15. The number of fused-ring (bicyclic) bond motifs is 2. The largest absolute Gasteiger partial charge is 0.493 e. The Morgan fingerprint density at radius 2 is 1.90 bits per heavy atom. The molecule has 0 unspecified atom stereocenters. The molecule has 1 aliphatic rings. The Hall–Kier alpha value is -3.81. The lowest BCUT2D eigenvalue weighted by molar-refractivity contribution is -0.118. The van der Waals surface area contributed by atoms with Crippen LogP contribution in [0, 0.1) is 6.92 Å². The summed E-state index contributed by atoms with van der Waals surface area (Å²) in [5, 5.41) is 3.53. The Kier molecular flexibility index (Phi) is 4.91. The molecule has 4 rings (SSSR count). The molecule has 8 heteroatoms. The molecular formula is C22H19NO7. The summed E-state index contributed by atoms with van der Waals surface area (Å²) in [5.41, 5.74) is 2.01. The van der Waals surface area contributed by atoms with Crippen LogP contribution >= 0.6 is 0 Å². The van der Waals surface area contributed by atoms with Crippen LogP contribution in [0.4, 0.5) is 5.69 Å². The minimum absolute atomic E-state index is 0.0793. The van der Waals surface area contributed by atoms with Gasteiger partial charge in [0, 0.05) is 28.8 Å². The lowest BCUT2D eigenvalue weighted by atomic mass is 10.0. The molecule has 0 fully saturated rings. The number of carbonyl (C=O) groups is 2. The molecule has 0 aliphatic carbocycles. The van der Waals surface area contributed by atoms with Crippen LogP contribution in [0.2, 0.25) is 0 Å². The molecule has 0 spiro atoms. The van der Waals surface area contributed by atoms with Crippen molar-refractivity contribution in [3.05, 3.63) is 63.5 Å². The number of methoxy groups -OCH3 is 2. The maximum atomic E-state index is 12.6. The van der Waals surface area contributed by atoms with Gasteiger partial charge in [-0.2, -0.15) is 0 Å². The molecule has 0 saturated heterocycles. The summed E-state index contributed by atoms with van der Waals surface area (Å²) in [6, 6.07) is 9.84. The Labute approximate surface area is 171 Å². The van der Waals surface area contributed by atoms with Crippen molar-refractivity contribution in [1.82, 2.24) is 0 Å². The summed E-state index contributed by atoms with van der Waals surface area (Å²) >= 11 is 0. The second kappa shape index (κ2) is 7.55. The van der Waals surface area contributed by atoms with Gasteiger partial charge in [0.2, 0.25) is 5.91 Å². The molecule has 0 saturated carbocycles. The van der Waals surface area contributed by atoms with Gasteiger partial charge >= 0.3 is 11.6 Å². The number of cyclic esters (lactones) is 1. The van der Waals surface area contributed by atoms with Crippen LogP contribution in [0.5, 0.6) is 11.5 Å². The van der Waals surface area contributed by atoms with Crippen molar-refractivity contribution < 1.29 is 28.2 Å². The highest BCUT2D eigenvalue weighted by atomic mass is 16.6. The average molecular weight is 409 g/mol. The van der Waals surface area contributed by atoms with Crippen LogP contribution in [0.1, 0.15) is 34.0 Å². The SMILES string of the molecule is COc1ccc2c(c1OC)C(=O)O[C@H]2CC(=O)Nc1ccc2c(C)cc(=O)oc2c1. The number of ether oxygens (including phenoxy) is 3. The molecule has 0 bridgehead atoms. The van der Waals surface area contributed by atoms with Crippen molar-refractivity contribution in [2.24, 2.45) is 0 Å². The quantitative estimate of drug-likeness (QED) is 0.509. The highest BCUT2D eigenvalue weighted by Gasteiger charge is 2.36. The van der Waals surface area contributed by atoms with Gasteiger partial charge in [-0.15, -0.1) is 0 Å². The molecule has 2 heterocycles. The normalized spacial score (nSPS) is 14.9. The maximum absolute atomic E-state index is 12.6. The molecular weight excluding hydrogens is 390 g/mol. The third kappa shape index (κ3) is 3.36. The van der Waals surface area contributed by atoms with E-state index >= 15 is 0 Å². The summed E-state index contributed by atoms with van der Waals surface area (Å²) < 4.78 is 21.1. The Morgan fingerprint density at radius 3 is 2.63 bits per heavy atom. The number of anilines is 1. The van der Waals surface area contributed by atoms with Gasteiger partial charge in [0.05, 0.1) is 20.6 Å². The first kappa shape index (κ1) is 19.5. The number of hydrogen-bond acceptors (Lipinski definition) is 7. The minimum Gasteiger partial charge on any atom is -0.493 e. The van der Waals surface area contributed by atoms with Crippen LogP contribution < -0.4 is 20.4 Å². The Morgan fingerprint density at radius 1 is 1.10 bits per heavy atom. The summed E-state index contributed by atoms with van der Waals surface area (Å²) in [5.74, 6) is -0.236. The summed E-state index contributed by atoms with van der Waals surface area (Å²) in [6.07, 6.45) is -0.822. The zero-order valence-electron chi connectivity index (χ0n) is 16.6. The van der Waals surface area contributed by atoms with Crippen LogP contribution in [-0.4, -0.2) is 26.1 Å². The van der Waals surface area contributed by atoms with E-state index in [1.807, 2.05) is 6.92 Å². The van der Waals surface area contributed by atoms with Gasteiger partial charge in [-0.25, -0.2) is 9.59 Å². The Balaban J connectivity index is 1.55. The van der Waals surface area contributed by atoms with Crippen LogP contribution in [-0.2, 0) is 9.53 Å². The van der Waals surface area contributed by atoms with Gasteiger partial charge < -0.3 is 23.9 Å². The Bertz CT molecular complexity index is 1230. The fraction of sp³-hybridized carbons (Fsp3) is 0.227. The van der Waals surface area contributed by atoms with Gasteiger partial charge in [0.15, 0.2) is 11.5 Å². The van der Waals surface area contributed by atoms with Gasteiger partial charge in [0.1, 0.15) is 17.3 Å². The molecule has 8 nitrogen and oxygen atoms in total. The smallest absolute Gasteiger partial charge is 0.343 e. The topological polar surface area (TPSA) is 104 Å². The first-order valence-electron chi connectivity index (χ1n) is 9.21. The van der Waals surface area contributed by atoms with Crippen molar-refractivity contribution in [3.8, 4) is 11.5 Å². The third-order valence-electron chi connectivity index (χ3n) is 4.98. The molecule has 1 aromatic heterocycles. The summed E-state index contributed by atoms with van der Waals surface area (Å²) in [7, 11) is 2.91. The molecule has 154 valence electrons. The molecule has 30 heavy (non-hydrogen) atoms. The number of benzene rings is 2. The van der Waals surface area contributed by atoms with Crippen LogP contribution in [0.25, 0.3) is 11.0 Å². The summed E-state index contributed by atoms with van der Waals surface area (Å²) in [4.78, 5) is 36.5. The van der Waals surface area contributed by atoms with E-state index in [0.717, 1.165) is 10.9 Å². The second-order valence-electron chi connectivity index (χ2n) is 6.87. The number of esters is 1. The predicted molar refractivity (Wildman–Crippen MR) is 108 cm³/mol. The number of carbonyl (C=O) groups excluding carboxylic acids is 2. The van der Waals surface area contributed by atoms with E-state index < -0.39 is 17.7 Å². The number of rotatable bonds is 5. The number of nitrogens with one attached hydrogen (secondary N) is 1. The number of hydrogen-bond donors (Lipinski definition) is 1. The third-order valence-corrected chi connectivity index (χ3v) is 4.98. The molecule has 3 aromatic rings. The monoisotopic (exact) mass is 409 g/mol. The minimum atomic E-state index is -0.743. The molecule has 1 aliphatic heterocycles. The van der Waals surface area contributed by atoms with Crippen LogP contribution in [0.3, 0.4) is 0 Å². The van der Waals surface area contributed by atoms with Gasteiger partial charge in [-0.1, -0.05) is 6.07 Å². The van der Waals surface area contributed by atoms with Crippen LogP contribution in [0.15, 0.2) is 45.6 Å². The highest BCUT2D eigenvalue weighted by Crippen LogP contribution is 2.43. The van der Waals surface area contributed by atoms with Crippen molar-refractivity contribution in [3.63, 3.8) is 0 Å².